The van der Waals surface area contributed by atoms with Crippen LogP contribution in [0.4, 0.5) is 0 Å². The minimum atomic E-state index is -1.36. The molecule has 0 aliphatic heterocycles. The zero-order valence-electron chi connectivity index (χ0n) is 44.8. The average molecular weight is 1140 g/mol. The van der Waals surface area contributed by atoms with E-state index in [1.165, 1.54) is 60.6 Å². The molecule has 0 saturated carbocycles. The number of rotatable bonds is 10. The van der Waals surface area contributed by atoms with Gasteiger partial charge in [-0.15, -0.1) is 53.1 Å². The van der Waals surface area contributed by atoms with Crippen molar-refractivity contribution in [1.29, 1.82) is 0 Å². The van der Waals surface area contributed by atoms with Crippen molar-refractivity contribution in [2.75, 3.05) is 0 Å². The van der Waals surface area contributed by atoms with Gasteiger partial charge in [0.25, 0.3) is 0 Å². The minimum absolute atomic E-state index is 0. The molecule has 72 heavy (non-hydrogen) atoms. The zero-order valence-corrected chi connectivity index (χ0v) is 48.2. The maximum Gasteiger partial charge on any atom is 0.216 e. The Bertz CT molecular complexity index is 3540. The van der Waals surface area contributed by atoms with Gasteiger partial charge in [-0.05, 0) is 105 Å². The molecule has 1 radical (unpaired) electrons. The van der Waals surface area contributed by atoms with Gasteiger partial charge in [0.1, 0.15) is 0 Å². The van der Waals surface area contributed by atoms with Gasteiger partial charge < -0.3 is 14.0 Å². The van der Waals surface area contributed by atoms with Gasteiger partial charge >= 0.3 is 0 Å². The molecule has 0 saturated heterocycles. The largest absolute Gasteiger partial charge is 0.486 e. The number of nitrogens with zero attached hydrogens (tertiary/aromatic N) is 4. The Hall–Kier alpha value is -5.98. The molecule has 371 valence electrons. The van der Waals surface area contributed by atoms with Crippen molar-refractivity contribution < 1.29 is 24.5 Å². The fraction of sp³-hybridized carbons (Fsp3) is 0.308. The molecule has 7 heteroatoms. The van der Waals surface area contributed by atoms with E-state index in [0.29, 0.717) is 11.6 Å². The Kier molecular flexibility index (Phi) is 15.2. The number of aryl methyl sites for hydroxylation is 2. The maximum absolute atomic E-state index is 6.70. The molecule has 0 amide bonds. The van der Waals surface area contributed by atoms with Crippen LogP contribution in [0.3, 0.4) is 0 Å². The second kappa shape index (κ2) is 20.9. The number of hydrogen-bond acceptors (Lipinski definition) is 4. The standard InChI is InChI=1S/C45H42N3O.C20H28NSi.Ir/c1-27(2)37-24-31(29-14-9-8-10-15-29)25-38(28(3)4)40(37)48-41-33-17-12-11-16-30(33)20-23-39(41)47-43(48)36-19-13-18-34-35-22-21-32(26-45(5,6)7)46-44(35)49-42(34)36;1-14(2)10-17-12-19(21-13-20(17)22(5,6)7)18-9-8-15(3)11-16(18)4;/h8-18,20-25,27-28H,26H2,1-7H3;8,11-14H,10H2,1-7H3;/q2*-1;. The van der Waals surface area contributed by atoms with E-state index in [0.717, 1.165) is 68.6 Å². The maximum atomic E-state index is 6.70. The third-order valence-electron chi connectivity index (χ3n) is 13.5. The molecule has 4 heterocycles. The van der Waals surface area contributed by atoms with Gasteiger partial charge in [0.2, 0.25) is 5.71 Å². The summed E-state index contributed by atoms with van der Waals surface area (Å²) < 4.78 is 9.11. The summed E-state index contributed by atoms with van der Waals surface area (Å²) in [6, 6.07) is 50.4. The number of benzene rings is 6. The molecule has 0 bridgehead atoms. The van der Waals surface area contributed by atoms with E-state index in [1.54, 1.807) is 0 Å². The summed E-state index contributed by atoms with van der Waals surface area (Å²) in [6.45, 7) is 31.9. The Balaban J connectivity index is 0.000000254. The number of aromatic nitrogens is 4. The van der Waals surface area contributed by atoms with E-state index in [4.69, 9.17) is 19.4 Å². The third kappa shape index (κ3) is 10.7. The monoisotopic (exact) mass is 1140 g/mol. The number of pyridine rings is 2. The molecule has 0 spiro atoms. The topological polar surface area (TPSA) is 56.7 Å². The van der Waals surface area contributed by atoms with Crippen LogP contribution in [0.2, 0.25) is 19.6 Å². The molecule has 10 aromatic rings. The van der Waals surface area contributed by atoms with Crippen LogP contribution in [0, 0.1) is 37.3 Å². The summed E-state index contributed by atoms with van der Waals surface area (Å²) in [5.74, 6) is 2.00. The summed E-state index contributed by atoms with van der Waals surface area (Å²) in [4.78, 5) is 15.2. The van der Waals surface area contributed by atoms with Crippen molar-refractivity contribution in [2.45, 2.75) is 120 Å². The van der Waals surface area contributed by atoms with Crippen LogP contribution in [0.5, 0.6) is 0 Å². The van der Waals surface area contributed by atoms with Crippen molar-refractivity contribution in [3.05, 3.63) is 173 Å². The van der Waals surface area contributed by atoms with Crippen molar-refractivity contribution in [3.63, 3.8) is 0 Å². The van der Waals surface area contributed by atoms with Crippen LogP contribution < -0.4 is 5.19 Å². The van der Waals surface area contributed by atoms with Crippen LogP contribution in [0.15, 0.2) is 132 Å². The SMILES string of the molecule is CC(C)c1cc(-c2ccccc2)cc(C(C)C)c1-n1c(-c2[c-]ccc3c2oc2nc(CC(C)(C)C)ccc23)nc2ccc3ccccc3c21.Cc1c[c-]c(-c2cc(CC(C)C)c([Si](C)(C)C)cn2)c(C)c1.[Ir]. The van der Waals surface area contributed by atoms with E-state index in [9.17, 15) is 0 Å². The fourth-order valence-corrected chi connectivity index (χ4v) is 11.8. The van der Waals surface area contributed by atoms with E-state index in [2.05, 4.69) is 234 Å². The Morgan fingerprint density at radius 3 is 2.04 bits per heavy atom. The molecule has 4 aromatic heterocycles. The predicted octanol–water partition coefficient (Wildman–Crippen LogP) is 17.3. The van der Waals surface area contributed by atoms with Crippen LogP contribution in [0.1, 0.15) is 108 Å². The fourth-order valence-electron chi connectivity index (χ4n) is 10.3. The van der Waals surface area contributed by atoms with E-state index in [1.807, 2.05) is 6.07 Å². The summed E-state index contributed by atoms with van der Waals surface area (Å²) in [7, 11) is -1.36. The number of fused-ring (bicyclic) bond motifs is 6. The molecular weight excluding hydrogens is 1070 g/mol. The van der Waals surface area contributed by atoms with E-state index >= 15 is 0 Å². The number of hydrogen-bond donors (Lipinski definition) is 0. The first kappa shape index (κ1) is 52.3. The van der Waals surface area contributed by atoms with Crippen LogP contribution in [0.25, 0.3) is 83.3 Å². The molecule has 6 aromatic carbocycles. The van der Waals surface area contributed by atoms with Crippen molar-refractivity contribution in [3.8, 4) is 39.5 Å². The van der Waals surface area contributed by atoms with Crippen molar-refractivity contribution in [2.24, 2.45) is 11.3 Å². The summed E-state index contributed by atoms with van der Waals surface area (Å²) >= 11 is 0. The van der Waals surface area contributed by atoms with E-state index in [-0.39, 0.29) is 37.4 Å². The van der Waals surface area contributed by atoms with Crippen LogP contribution in [-0.2, 0) is 32.9 Å². The molecule has 0 fully saturated rings. The Morgan fingerprint density at radius 2 is 1.39 bits per heavy atom. The van der Waals surface area contributed by atoms with Crippen molar-refractivity contribution >= 4 is 57.1 Å². The van der Waals surface area contributed by atoms with Gasteiger partial charge in [0.15, 0.2) is 0 Å². The molecule has 0 atom stereocenters. The third-order valence-corrected chi connectivity index (χ3v) is 15.6. The summed E-state index contributed by atoms with van der Waals surface area (Å²) in [5.41, 5.74) is 17.8. The van der Waals surface area contributed by atoms with Gasteiger partial charge in [-0.1, -0.05) is 179 Å². The zero-order chi connectivity index (χ0) is 50.5. The minimum Gasteiger partial charge on any atom is -0.486 e. The van der Waals surface area contributed by atoms with E-state index < -0.39 is 8.07 Å². The second-order valence-electron chi connectivity index (χ2n) is 23.0. The molecule has 5 nitrogen and oxygen atoms in total. The smallest absolute Gasteiger partial charge is 0.216 e. The van der Waals surface area contributed by atoms with Gasteiger partial charge in [0.05, 0.1) is 30.5 Å². The van der Waals surface area contributed by atoms with Gasteiger partial charge in [-0.25, -0.2) is 4.98 Å². The normalized spacial score (nSPS) is 12.1. The summed E-state index contributed by atoms with van der Waals surface area (Å²) in [5, 5.41) is 5.88. The molecule has 0 aliphatic carbocycles. The molecule has 0 aliphatic rings. The molecular formula is C65H70IrN4OSi-2. The molecule has 0 unspecified atom stereocenters. The predicted molar refractivity (Wildman–Crippen MR) is 304 cm³/mol. The quantitative estimate of drug-likeness (QED) is 0.101. The Morgan fingerprint density at radius 1 is 0.694 bits per heavy atom. The van der Waals surface area contributed by atoms with Crippen LogP contribution >= 0.6 is 0 Å². The second-order valence-corrected chi connectivity index (χ2v) is 28.0. The van der Waals surface area contributed by atoms with Crippen molar-refractivity contribution in [1.82, 2.24) is 19.5 Å². The number of furan rings is 1. The first-order valence-corrected chi connectivity index (χ1v) is 29.1. The summed E-state index contributed by atoms with van der Waals surface area (Å²) in [6.07, 6.45) is 4.13. The number of imidazole rings is 1. The average Bonchev–Trinajstić information content (AvgIpc) is 3.89. The van der Waals surface area contributed by atoms with Crippen LogP contribution in [-0.4, -0.2) is 27.6 Å². The molecule has 10 rings (SSSR count). The van der Waals surface area contributed by atoms with Gasteiger partial charge in [-0.2, -0.15) is 0 Å². The Labute approximate surface area is 442 Å². The first-order chi connectivity index (χ1) is 33.8. The molecule has 0 N–H and O–H groups in total. The van der Waals surface area contributed by atoms with Gasteiger partial charge in [-0.3, -0.25) is 4.98 Å². The first-order valence-electron chi connectivity index (χ1n) is 25.6. The van der Waals surface area contributed by atoms with Gasteiger partial charge in [0, 0.05) is 48.5 Å².